The van der Waals surface area contributed by atoms with Gasteiger partial charge in [-0.15, -0.1) is 10.2 Å². The fraction of sp³-hybridized carbons (Fsp3) is 0.208. The van der Waals surface area contributed by atoms with Gasteiger partial charge in [0.25, 0.3) is 0 Å². The van der Waals surface area contributed by atoms with Crippen molar-refractivity contribution >= 4 is 27.7 Å². The number of hydrogen-bond donors (Lipinski definition) is 3. The smallest absolute Gasteiger partial charge is 0.225 e. The number of hydrogen-bond acceptors (Lipinski definition) is 4. The van der Waals surface area contributed by atoms with Crippen molar-refractivity contribution < 1.29 is 9.90 Å². The van der Waals surface area contributed by atoms with Gasteiger partial charge in [-0.2, -0.15) is 0 Å². The summed E-state index contributed by atoms with van der Waals surface area (Å²) in [6.45, 7) is 6.25. The number of carbonyl (C=O) groups excluding carboxylic acids is 1. The lowest BCUT2D eigenvalue weighted by molar-refractivity contribution is -0.117. The van der Waals surface area contributed by atoms with Gasteiger partial charge in [-0.25, -0.2) is 0 Å². The first kappa shape index (κ1) is 19.9. The van der Waals surface area contributed by atoms with Crippen molar-refractivity contribution in [3.63, 3.8) is 0 Å². The Hall–Kier alpha value is -4.07. The number of nitrogens with zero attached hydrogens (tertiary/aromatic N) is 4. The molecule has 3 aromatic heterocycles. The van der Waals surface area contributed by atoms with E-state index < -0.39 is 5.91 Å². The van der Waals surface area contributed by atoms with Crippen molar-refractivity contribution in [3.05, 3.63) is 60.2 Å². The second-order valence-corrected chi connectivity index (χ2v) is 8.33. The highest BCUT2D eigenvalue weighted by Gasteiger charge is 2.22. The molecule has 2 aromatic carbocycles. The van der Waals surface area contributed by atoms with Crippen LogP contribution in [0, 0.1) is 6.92 Å². The van der Waals surface area contributed by atoms with Gasteiger partial charge in [0.15, 0.2) is 5.82 Å². The zero-order valence-electron chi connectivity index (χ0n) is 18.1. The fourth-order valence-corrected chi connectivity index (χ4v) is 4.31. The summed E-state index contributed by atoms with van der Waals surface area (Å²) in [5.41, 5.74) is 9.81. The van der Waals surface area contributed by atoms with E-state index in [2.05, 4.69) is 39.7 Å². The lowest BCUT2D eigenvalue weighted by atomic mass is 10.1. The number of carbonyl (C=O) groups is 1. The van der Waals surface area contributed by atoms with Gasteiger partial charge < -0.3 is 20.4 Å². The normalized spacial score (nSPS) is 11.8. The van der Waals surface area contributed by atoms with E-state index in [1.54, 1.807) is 6.07 Å². The molecule has 0 saturated carbocycles. The molecule has 0 radical (unpaired) electrons. The van der Waals surface area contributed by atoms with Crippen LogP contribution < -0.4 is 5.73 Å². The first-order valence-corrected chi connectivity index (χ1v) is 10.5. The summed E-state index contributed by atoms with van der Waals surface area (Å²) in [5.74, 6) is 0.442. The van der Waals surface area contributed by atoms with Crippen molar-refractivity contribution in [3.8, 4) is 22.8 Å². The molecule has 5 aromatic rings. The lowest BCUT2D eigenvalue weighted by Gasteiger charge is -2.14. The van der Waals surface area contributed by atoms with Crippen molar-refractivity contribution in [1.82, 2.24) is 24.3 Å². The van der Waals surface area contributed by atoms with Crippen LogP contribution in [-0.4, -0.2) is 35.3 Å². The van der Waals surface area contributed by atoms with Gasteiger partial charge in [0, 0.05) is 40.8 Å². The largest absolute Gasteiger partial charge is 0.507 e. The predicted octanol–water partition coefficient (Wildman–Crippen LogP) is 3.99. The Bertz CT molecular complexity index is 1490. The highest BCUT2D eigenvalue weighted by atomic mass is 16.3. The van der Waals surface area contributed by atoms with Gasteiger partial charge in [-0.05, 0) is 50.6 Å². The minimum absolute atomic E-state index is 0.0690. The number of rotatable bonds is 5. The van der Waals surface area contributed by atoms with E-state index in [1.165, 1.54) is 0 Å². The molecular weight excluding hydrogens is 404 g/mol. The molecule has 8 heteroatoms. The van der Waals surface area contributed by atoms with Crippen molar-refractivity contribution in [1.29, 1.82) is 0 Å². The number of nitrogens with one attached hydrogen (secondary N) is 1. The SMILES string of the molecule is Cc1c[nH]c2cc(O)c(-c3nnc(CC(N)=O)n3-c3cccc4c3ccn4C(C)C)cc12. The highest BCUT2D eigenvalue weighted by molar-refractivity contribution is 5.92. The molecular formula is C24H24N6O2. The molecule has 5 rings (SSSR count). The molecule has 0 aliphatic heterocycles. The Labute approximate surface area is 184 Å². The molecule has 3 heterocycles. The number of benzene rings is 2. The molecule has 0 aliphatic carbocycles. The molecule has 4 N–H and O–H groups in total. The first-order valence-electron chi connectivity index (χ1n) is 10.5. The Morgan fingerprint density at radius 3 is 2.75 bits per heavy atom. The standard InChI is InChI=1S/C24H24N6O2/c1-13(2)29-8-7-15-19(29)5-4-6-20(15)30-23(11-22(25)32)27-28-24(30)17-9-16-14(3)12-26-18(16)10-21(17)31/h4-10,12-13,26,31H,11H2,1-3H3,(H2,25,32). The van der Waals surface area contributed by atoms with Gasteiger partial charge in [-0.1, -0.05) is 6.07 Å². The van der Waals surface area contributed by atoms with Gasteiger partial charge >= 0.3 is 0 Å². The van der Waals surface area contributed by atoms with E-state index in [9.17, 15) is 9.90 Å². The number of nitrogens with two attached hydrogens (primary N) is 1. The zero-order chi connectivity index (χ0) is 22.6. The number of primary amides is 1. The van der Waals surface area contributed by atoms with Gasteiger partial charge in [0.05, 0.1) is 23.2 Å². The number of H-pyrrole nitrogens is 1. The first-order chi connectivity index (χ1) is 15.3. The van der Waals surface area contributed by atoms with E-state index in [1.807, 2.05) is 48.1 Å². The summed E-state index contributed by atoms with van der Waals surface area (Å²) in [6, 6.07) is 11.9. The molecule has 162 valence electrons. The molecule has 8 nitrogen and oxygen atoms in total. The Kier molecular flexibility index (Phi) is 4.51. The van der Waals surface area contributed by atoms with E-state index >= 15 is 0 Å². The van der Waals surface area contributed by atoms with Crippen LogP contribution in [0.2, 0.25) is 0 Å². The molecule has 0 unspecified atom stereocenters. The number of aromatic nitrogens is 5. The number of aryl methyl sites for hydroxylation is 1. The van der Waals surface area contributed by atoms with Crippen LogP contribution in [0.5, 0.6) is 5.75 Å². The average molecular weight is 428 g/mol. The minimum atomic E-state index is -0.502. The summed E-state index contributed by atoms with van der Waals surface area (Å²) in [4.78, 5) is 14.9. The van der Waals surface area contributed by atoms with Crippen LogP contribution in [-0.2, 0) is 11.2 Å². The van der Waals surface area contributed by atoms with E-state index in [-0.39, 0.29) is 18.2 Å². The van der Waals surface area contributed by atoms with Crippen molar-refractivity contribution in [2.75, 3.05) is 0 Å². The Morgan fingerprint density at radius 1 is 1.19 bits per heavy atom. The van der Waals surface area contributed by atoms with Crippen LogP contribution in [0.15, 0.2) is 48.8 Å². The van der Waals surface area contributed by atoms with Crippen LogP contribution in [0.3, 0.4) is 0 Å². The number of aromatic hydroxyl groups is 1. The molecule has 0 saturated heterocycles. The maximum atomic E-state index is 11.8. The second-order valence-electron chi connectivity index (χ2n) is 8.33. The van der Waals surface area contributed by atoms with Crippen LogP contribution >= 0.6 is 0 Å². The number of amides is 1. The summed E-state index contributed by atoms with van der Waals surface area (Å²) in [6.07, 6.45) is 3.87. The molecule has 0 aliphatic rings. The van der Waals surface area contributed by atoms with Crippen molar-refractivity contribution in [2.24, 2.45) is 5.73 Å². The minimum Gasteiger partial charge on any atom is -0.507 e. The van der Waals surface area contributed by atoms with Gasteiger partial charge in [0.2, 0.25) is 5.91 Å². The predicted molar refractivity (Wildman–Crippen MR) is 124 cm³/mol. The van der Waals surface area contributed by atoms with Crippen LogP contribution in [0.25, 0.3) is 38.9 Å². The number of fused-ring (bicyclic) bond motifs is 2. The monoisotopic (exact) mass is 428 g/mol. The molecule has 32 heavy (non-hydrogen) atoms. The number of phenolic OH excluding ortho intramolecular Hbond substituents is 1. The van der Waals surface area contributed by atoms with Crippen LogP contribution in [0.4, 0.5) is 0 Å². The summed E-state index contributed by atoms with van der Waals surface area (Å²) in [7, 11) is 0. The molecule has 1 amide bonds. The van der Waals surface area contributed by atoms with Crippen LogP contribution in [0.1, 0.15) is 31.3 Å². The molecule has 0 spiro atoms. The quantitative estimate of drug-likeness (QED) is 0.392. The third-order valence-electron chi connectivity index (χ3n) is 5.85. The van der Waals surface area contributed by atoms with E-state index in [0.29, 0.717) is 17.2 Å². The molecule has 0 atom stereocenters. The Balaban J connectivity index is 1.81. The van der Waals surface area contributed by atoms with Gasteiger partial charge in [-0.3, -0.25) is 9.36 Å². The highest BCUT2D eigenvalue weighted by Crippen LogP contribution is 2.36. The molecule has 0 bridgehead atoms. The van der Waals surface area contributed by atoms with Gasteiger partial charge in [0.1, 0.15) is 11.6 Å². The number of phenols is 1. The average Bonchev–Trinajstić information content (AvgIpc) is 3.44. The van der Waals surface area contributed by atoms with E-state index in [0.717, 1.165) is 33.1 Å². The number of aromatic amines is 1. The summed E-state index contributed by atoms with van der Waals surface area (Å²) < 4.78 is 4.00. The zero-order valence-corrected chi connectivity index (χ0v) is 18.1. The van der Waals surface area contributed by atoms with E-state index in [4.69, 9.17) is 5.73 Å². The third-order valence-corrected chi connectivity index (χ3v) is 5.85. The molecule has 0 fully saturated rings. The third kappa shape index (κ3) is 3.03. The second kappa shape index (κ2) is 7.26. The summed E-state index contributed by atoms with van der Waals surface area (Å²) in [5, 5.41) is 21.4. The summed E-state index contributed by atoms with van der Waals surface area (Å²) >= 11 is 0. The van der Waals surface area contributed by atoms with Crippen molar-refractivity contribution in [2.45, 2.75) is 33.2 Å². The fourth-order valence-electron chi connectivity index (χ4n) is 4.31. The lowest BCUT2D eigenvalue weighted by Crippen LogP contribution is -2.17. The maximum Gasteiger partial charge on any atom is 0.225 e. The maximum absolute atomic E-state index is 11.8. The topological polar surface area (TPSA) is 115 Å². The Morgan fingerprint density at radius 2 is 2.00 bits per heavy atom.